The van der Waals surface area contributed by atoms with Crippen LogP contribution in [0.5, 0.6) is 0 Å². The van der Waals surface area contributed by atoms with Crippen molar-refractivity contribution >= 4 is 29.1 Å². The molecular formula is C15H12ClFN2O2. The van der Waals surface area contributed by atoms with Gasteiger partial charge in [-0.3, -0.25) is 0 Å². The van der Waals surface area contributed by atoms with E-state index in [2.05, 4.69) is 10.3 Å². The van der Waals surface area contributed by atoms with Gasteiger partial charge in [0, 0.05) is 11.4 Å². The van der Waals surface area contributed by atoms with Gasteiger partial charge < -0.3 is 10.4 Å². The summed E-state index contributed by atoms with van der Waals surface area (Å²) < 4.78 is 13.2. The summed E-state index contributed by atoms with van der Waals surface area (Å²) in [5.41, 5.74) is 2.50. The number of anilines is 2. The molecule has 21 heavy (non-hydrogen) atoms. The van der Waals surface area contributed by atoms with Crippen LogP contribution in [0.2, 0.25) is 5.02 Å². The zero-order valence-electron chi connectivity index (χ0n) is 11.0. The molecule has 0 bridgehead atoms. The summed E-state index contributed by atoms with van der Waals surface area (Å²) in [7, 11) is 0. The second-order valence-electron chi connectivity index (χ2n) is 4.90. The Kier molecular flexibility index (Phi) is 3.51. The highest BCUT2D eigenvalue weighted by Gasteiger charge is 2.20. The molecule has 0 fully saturated rings. The number of rotatable bonds is 3. The second kappa shape index (κ2) is 5.33. The third kappa shape index (κ3) is 2.69. The normalized spacial score (nSPS) is 13.0. The van der Waals surface area contributed by atoms with E-state index in [4.69, 9.17) is 11.6 Å². The first-order valence-corrected chi connectivity index (χ1v) is 6.90. The molecule has 1 aliphatic rings. The van der Waals surface area contributed by atoms with Crippen LogP contribution in [0.25, 0.3) is 0 Å². The van der Waals surface area contributed by atoms with E-state index in [0.29, 0.717) is 5.69 Å². The van der Waals surface area contributed by atoms with Crippen LogP contribution in [-0.4, -0.2) is 16.1 Å². The van der Waals surface area contributed by atoms with Crippen molar-refractivity contribution in [2.75, 3.05) is 5.32 Å². The first kappa shape index (κ1) is 13.8. The predicted octanol–water partition coefficient (Wildman–Crippen LogP) is 3.80. The Hall–Kier alpha value is -2.14. The Morgan fingerprint density at radius 3 is 2.86 bits per heavy atom. The Morgan fingerprint density at radius 1 is 1.33 bits per heavy atom. The zero-order chi connectivity index (χ0) is 15.0. The topological polar surface area (TPSA) is 62.2 Å². The Balaban J connectivity index is 2.01. The number of carboxylic acid groups (broad SMARTS) is 1. The molecule has 0 aliphatic heterocycles. The van der Waals surface area contributed by atoms with E-state index in [1.807, 2.05) is 0 Å². The van der Waals surface area contributed by atoms with Crippen molar-refractivity contribution in [3.8, 4) is 0 Å². The maximum atomic E-state index is 13.2. The van der Waals surface area contributed by atoms with Crippen LogP contribution < -0.4 is 5.32 Å². The minimum Gasteiger partial charge on any atom is -0.478 e. The molecule has 1 heterocycles. The first-order chi connectivity index (χ1) is 10.0. The summed E-state index contributed by atoms with van der Waals surface area (Å²) >= 11 is 5.72. The smallest absolute Gasteiger partial charge is 0.339 e. The minimum absolute atomic E-state index is 0.0296. The van der Waals surface area contributed by atoms with Crippen molar-refractivity contribution in [1.29, 1.82) is 0 Å². The molecule has 0 unspecified atom stereocenters. The molecule has 1 aromatic heterocycles. The number of aryl methyl sites for hydroxylation is 2. The predicted molar refractivity (Wildman–Crippen MR) is 77.9 cm³/mol. The van der Waals surface area contributed by atoms with Gasteiger partial charge in [-0.2, -0.15) is 0 Å². The third-order valence-electron chi connectivity index (χ3n) is 3.46. The first-order valence-electron chi connectivity index (χ1n) is 6.53. The molecule has 2 aromatic rings. The van der Waals surface area contributed by atoms with Gasteiger partial charge in [-0.15, -0.1) is 0 Å². The molecule has 6 heteroatoms. The highest BCUT2D eigenvalue weighted by atomic mass is 35.5. The SMILES string of the molecule is O=C(O)c1cc2c(nc1Nc1ccc(F)c(Cl)c1)CCC2. The average molecular weight is 307 g/mol. The molecule has 0 spiro atoms. The molecule has 0 saturated heterocycles. The average Bonchev–Trinajstić information content (AvgIpc) is 2.89. The van der Waals surface area contributed by atoms with E-state index in [1.54, 1.807) is 6.07 Å². The molecule has 2 N–H and O–H groups in total. The lowest BCUT2D eigenvalue weighted by molar-refractivity contribution is 0.0697. The van der Waals surface area contributed by atoms with Crippen molar-refractivity contribution in [1.82, 2.24) is 4.98 Å². The third-order valence-corrected chi connectivity index (χ3v) is 3.75. The number of aromatic carboxylic acids is 1. The van der Waals surface area contributed by atoms with Gasteiger partial charge in [0.25, 0.3) is 0 Å². The monoisotopic (exact) mass is 306 g/mol. The highest BCUT2D eigenvalue weighted by molar-refractivity contribution is 6.31. The number of carboxylic acids is 1. The second-order valence-corrected chi connectivity index (χ2v) is 5.31. The molecular weight excluding hydrogens is 295 g/mol. The van der Waals surface area contributed by atoms with Gasteiger partial charge in [0.05, 0.1) is 5.02 Å². The molecule has 1 aromatic carbocycles. The lowest BCUT2D eigenvalue weighted by Crippen LogP contribution is -2.07. The van der Waals surface area contributed by atoms with Gasteiger partial charge >= 0.3 is 5.97 Å². The maximum absolute atomic E-state index is 13.2. The van der Waals surface area contributed by atoms with E-state index in [-0.39, 0.29) is 16.4 Å². The lowest BCUT2D eigenvalue weighted by Gasteiger charge is -2.11. The van der Waals surface area contributed by atoms with Gasteiger partial charge in [-0.1, -0.05) is 11.6 Å². The summed E-state index contributed by atoms with van der Waals surface area (Å²) in [6, 6.07) is 5.77. The number of hydrogen-bond donors (Lipinski definition) is 2. The van der Waals surface area contributed by atoms with E-state index in [1.165, 1.54) is 18.2 Å². The van der Waals surface area contributed by atoms with Crippen LogP contribution in [0.3, 0.4) is 0 Å². The van der Waals surface area contributed by atoms with Gasteiger partial charge in [-0.05, 0) is 49.1 Å². The van der Waals surface area contributed by atoms with Crippen LogP contribution in [0.1, 0.15) is 28.0 Å². The van der Waals surface area contributed by atoms with Gasteiger partial charge in [0.2, 0.25) is 0 Å². The molecule has 0 atom stereocenters. The molecule has 1 aliphatic carbocycles. The maximum Gasteiger partial charge on any atom is 0.339 e. The lowest BCUT2D eigenvalue weighted by atomic mass is 10.1. The van der Waals surface area contributed by atoms with Crippen LogP contribution in [0.4, 0.5) is 15.9 Å². The van der Waals surface area contributed by atoms with Crippen LogP contribution >= 0.6 is 11.6 Å². The van der Waals surface area contributed by atoms with E-state index in [9.17, 15) is 14.3 Å². The number of pyridine rings is 1. The van der Waals surface area contributed by atoms with Crippen LogP contribution in [-0.2, 0) is 12.8 Å². The number of carbonyl (C=O) groups is 1. The van der Waals surface area contributed by atoms with Crippen molar-refractivity contribution in [2.24, 2.45) is 0 Å². The summed E-state index contributed by atoms with van der Waals surface area (Å²) in [6.07, 6.45) is 2.67. The number of hydrogen-bond acceptors (Lipinski definition) is 3. The van der Waals surface area contributed by atoms with Gasteiger partial charge in [0.15, 0.2) is 0 Å². The summed E-state index contributed by atoms with van der Waals surface area (Å²) in [4.78, 5) is 15.8. The van der Waals surface area contributed by atoms with Crippen LogP contribution in [0.15, 0.2) is 24.3 Å². The molecule has 4 nitrogen and oxygen atoms in total. The Morgan fingerprint density at radius 2 is 2.14 bits per heavy atom. The van der Waals surface area contributed by atoms with E-state index in [0.717, 1.165) is 30.5 Å². The van der Waals surface area contributed by atoms with Crippen molar-refractivity contribution in [2.45, 2.75) is 19.3 Å². The molecule has 108 valence electrons. The molecule has 0 radical (unpaired) electrons. The number of aromatic nitrogens is 1. The summed E-state index contributed by atoms with van der Waals surface area (Å²) in [5, 5.41) is 12.2. The summed E-state index contributed by atoms with van der Waals surface area (Å²) in [6.45, 7) is 0. The van der Waals surface area contributed by atoms with E-state index < -0.39 is 11.8 Å². The fourth-order valence-electron chi connectivity index (χ4n) is 2.44. The fraction of sp³-hybridized carbons (Fsp3) is 0.200. The number of nitrogens with one attached hydrogen (secondary N) is 1. The Bertz CT molecular complexity index is 734. The number of fused-ring (bicyclic) bond motifs is 1. The highest BCUT2D eigenvalue weighted by Crippen LogP contribution is 2.28. The van der Waals surface area contributed by atoms with Crippen LogP contribution in [0, 0.1) is 5.82 Å². The quantitative estimate of drug-likeness (QED) is 0.905. The molecule has 0 saturated carbocycles. The standard InChI is InChI=1S/C15H12ClFN2O2/c16-11-7-9(4-5-12(11)17)18-14-10(15(20)21)6-8-2-1-3-13(8)19-14/h4-7H,1-3H2,(H,18,19)(H,20,21). The number of benzene rings is 1. The summed E-state index contributed by atoms with van der Waals surface area (Å²) in [5.74, 6) is -1.32. The molecule has 3 rings (SSSR count). The van der Waals surface area contributed by atoms with Gasteiger partial charge in [0.1, 0.15) is 17.2 Å². The minimum atomic E-state index is -1.05. The molecule has 0 amide bonds. The zero-order valence-corrected chi connectivity index (χ0v) is 11.7. The van der Waals surface area contributed by atoms with Gasteiger partial charge in [-0.25, -0.2) is 14.2 Å². The Labute approximate surface area is 125 Å². The number of halogens is 2. The van der Waals surface area contributed by atoms with Crippen molar-refractivity contribution in [3.63, 3.8) is 0 Å². The largest absolute Gasteiger partial charge is 0.478 e. The van der Waals surface area contributed by atoms with Crippen molar-refractivity contribution < 1.29 is 14.3 Å². The fourth-order valence-corrected chi connectivity index (χ4v) is 2.62. The van der Waals surface area contributed by atoms with Crippen molar-refractivity contribution in [3.05, 3.63) is 51.9 Å². The van der Waals surface area contributed by atoms with E-state index >= 15 is 0 Å². The number of nitrogens with zero attached hydrogens (tertiary/aromatic N) is 1.